The molecule has 0 aromatic heterocycles. The molecule has 0 fully saturated rings. The van der Waals surface area contributed by atoms with Gasteiger partial charge in [-0.3, -0.25) is 14.1 Å². The van der Waals surface area contributed by atoms with Crippen LogP contribution in [0.4, 0.5) is 0 Å². The minimum absolute atomic E-state index is 0.219. The molecule has 0 bridgehead atoms. The molecule has 120 valence electrons. The van der Waals surface area contributed by atoms with Gasteiger partial charge in [-0.1, -0.05) is 6.08 Å². The summed E-state index contributed by atoms with van der Waals surface area (Å²) in [5.74, 6) is -0.815. The summed E-state index contributed by atoms with van der Waals surface area (Å²) >= 11 is 0. The maximum absolute atomic E-state index is 11.8. The number of hydrogen-bond donors (Lipinski definition) is 2. The zero-order chi connectivity index (χ0) is 16.4. The molecule has 2 N–H and O–H groups in total. The molecule has 8 heteroatoms. The molecule has 1 heterocycles. The van der Waals surface area contributed by atoms with Crippen LogP contribution in [-0.2, 0) is 19.7 Å². The van der Waals surface area contributed by atoms with Gasteiger partial charge in [-0.05, 0) is 27.7 Å². The van der Waals surface area contributed by atoms with Crippen LogP contribution in [0.5, 0.6) is 0 Å². The Hall–Kier alpha value is -1.41. The van der Waals surface area contributed by atoms with E-state index < -0.39 is 33.2 Å². The summed E-state index contributed by atoms with van der Waals surface area (Å²) in [5.41, 5.74) is -0.501. The lowest BCUT2D eigenvalue weighted by Crippen LogP contribution is -2.46. The SMILES string of the molecule is C[C@H]1C=CC(=O)N1CC(CC(=O)NC(C)(C)C)S(=O)(=O)O. The second-order valence-electron chi connectivity index (χ2n) is 6.23. The van der Waals surface area contributed by atoms with E-state index >= 15 is 0 Å². The quantitative estimate of drug-likeness (QED) is 0.711. The molecule has 0 aromatic carbocycles. The Labute approximate surface area is 125 Å². The highest BCUT2D eigenvalue weighted by Crippen LogP contribution is 2.16. The van der Waals surface area contributed by atoms with Gasteiger partial charge in [0.25, 0.3) is 10.1 Å². The van der Waals surface area contributed by atoms with Crippen LogP contribution in [0.15, 0.2) is 12.2 Å². The molecule has 0 saturated heterocycles. The predicted octanol–water partition coefficient (Wildman–Crippen LogP) is 0.335. The van der Waals surface area contributed by atoms with Crippen LogP contribution in [0.3, 0.4) is 0 Å². The summed E-state index contributed by atoms with van der Waals surface area (Å²) in [6, 6.07) is -0.257. The van der Waals surface area contributed by atoms with E-state index in [0.717, 1.165) is 0 Å². The van der Waals surface area contributed by atoms with E-state index in [9.17, 15) is 22.6 Å². The van der Waals surface area contributed by atoms with Gasteiger partial charge in [0, 0.05) is 30.6 Å². The second kappa shape index (κ2) is 6.15. The highest BCUT2D eigenvalue weighted by atomic mass is 32.2. The van der Waals surface area contributed by atoms with Crippen LogP contribution in [0.2, 0.25) is 0 Å². The van der Waals surface area contributed by atoms with E-state index in [1.54, 1.807) is 33.8 Å². The standard InChI is InChI=1S/C13H22N2O5S/c1-9-5-6-12(17)15(9)8-10(21(18,19)20)7-11(16)14-13(2,3)4/h5-6,9-10H,7-8H2,1-4H3,(H,14,16)(H,18,19,20)/t9-,10?/m0/s1. The highest BCUT2D eigenvalue weighted by Gasteiger charge is 2.33. The first-order valence-electron chi connectivity index (χ1n) is 6.66. The molecule has 1 rings (SSSR count). The summed E-state index contributed by atoms with van der Waals surface area (Å²) < 4.78 is 32.2. The number of amides is 2. The normalized spacial score (nSPS) is 20.7. The lowest BCUT2D eigenvalue weighted by molar-refractivity contribution is -0.127. The Morgan fingerprint density at radius 3 is 2.43 bits per heavy atom. The monoisotopic (exact) mass is 318 g/mol. The number of carbonyl (C=O) groups excluding carboxylic acids is 2. The summed E-state index contributed by atoms with van der Waals surface area (Å²) in [6.07, 6.45) is 2.59. The van der Waals surface area contributed by atoms with E-state index in [4.69, 9.17) is 0 Å². The third kappa shape index (κ3) is 5.47. The molecule has 0 spiro atoms. The molecule has 1 aliphatic heterocycles. The fourth-order valence-electron chi connectivity index (χ4n) is 2.04. The average molecular weight is 318 g/mol. The van der Waals surface area contributed by atoms with Crippen LogP contribution in [0.1, 0.15) is 34.1 Å². The Morgan fingerprint density at radius 1 is 1.48 bits per heavy atom. The van der Waals surface area contributed by atoms with E-state index in [2.05, 4.69) is 5.32 Å². The number of rotatable bonds is 5. The van der Waals surface area contributed by atoms with Crippen LogP contribution in [0.25, 0.3) is 0 Å². The molecular weight excluding hydrogens is 296 g/mol. The van der Waals surface area contributed by atoms with Crippen molar-refractivity contribution in [3.05, 3.63) is 12.2 Å². The van der Waals surface area contributed by atoms with Crippen LogP contribution in [0, 0.1) is 0 Å². The van der Waals surface area contributed by atoms with Crippen molar-refractivity contribution < 1.29 is 22.6 Å². The van der Waals surface area contributed by atoms with Gasteiger partial charge in [-0.15, -0.1) is 0 Å². The Bertz CT molecular complexity index is 547. The van der Waals surface area contributed by atoms with Gasteiger partial charge in [0.1, 0.15) is 5.25 Å². The Balaban J connectivity index is 2.79. The largest absolute Gasteiger partial charge is 0.351 e. The van der Waals surface area contributed by atoms with Crippen molar-refractivity contribution in [2.45, 2.75) is 50.9 Å². The van der Waals surface area contributed by atoms with Gasteiger partial charge in [0.2, 0.25) is 11.8 Å². The van der Waals surface area contributed by atoms with Crippen molar-refractivity contribution in [1.82, 2.24) is 10.2 Å². The molecule has 0 aromatic rings. The summed E-state index contributed by atoms with van der Waals surface area (Å²) in [4.78, 5) is 24.8. The predicted molar refractivity (Wildman–Crippen MR) is 78.2 cm³/mol. The average Bonchev–Trinajstić information content (AvgIpc) is 2.55. The van der Waals surface area contributed by atoms with E-state index in [-0.39, 0.29) is 18.5 Å². The summed E-state index contributed by atoms with van der Waals surface area (Å²) in [6.45, 7) is 6.82. The molecule has 0 aliphatic carbocycles. The first-order valence-corrected chi connectivity index (χ1v) is 8.16. The van der Waals surface area contributed by atoms with Gasteiger partial charge < -0.3 is 10.2 Å². The highest BCUT2D eigenvalue weighted by molar-refractivity contribution is 7.86. The molecule has 0 radical (unpaired) electrons. The maximum atomic E-state index is 11.8. The number of nitrogens with zero attached hydrogens (tertiary/aromatic N) is 1. The molecule has 0 saturated carbocycles. The van der Waals surface area contributed by atoms with Crippen molar-refractivity contribution in [1.29, 1.82) is 0 Å². The van der Waals surface area contributed by atoms with Crippen molar-refractivity contribution in [3.63, 3.8) is 0 Å². The molecule has 2 atom stereocenters. The van der Waals surface area contributed by atoms with E-state index in [1.165, 1.54) is 11.0 Å². The maximum Gasteiger partial charge on any atom is 0.270 e. The molecule has 1 aliphatic rings. The zero-order valence-electron chi connectivity index (χ0n) is 12.7. The van der Waals surface area contributed by atoms with E-state index in [1.807, 2.05) is 0 Å². The minimum Gasteiger partial charge on any atom is -0.351 e. The van der Waals surface area contributed by atoms with Gasteiger partial charge in [0.05, 0.1) is 0 Å². The Morgan fingerprint density at radius 2 is 2.05 bits per heavy atom. The lowest BCUT2D eigenvalue weighted by Gasteiger charge is -2.27. The van der Waals surface area contributed by atoms with E-state index in [0.29, 0.717) is 0 Å². The smallest absolute Gasteiger partial charge is 0.270 e. The minimum atomic E-state index is -4.43. The first-order chi connectivity index (χ1) is 9.40. The molecule has 21 heavy (non-hydrogen) atoms. The fourth-order valence-corrected chi connectivity index (χ4v) is 2.75. The summed E-state index contributed by atoms with van der Waals surface area (Å²) in [7, 11) is -4.43. The second-order valence-corrected chi connectivity index (χ2v) is 7.93. The van der Waals surface area contributed by atoms with Crippen molar-refractivity contribution in [2.75, 3.05) is 6.54 Å². The van der Waals surface area contributed by atoms with Crippen molar-refractivity contribution in [3.8, 4) is 0 Å². The molecule has 7 nitrogen and oxygen atoms in total. The van der Waals surface area contributed by atoms with Crippen molar-refractivity contribution in [2.24, 2.45) is 0 Å². The van der Waals surface area contributed by atoms with Crippen LogP contribution >= 0.6 is 0 Å². The van der Waals surface area contributed by atoms with Gasteiger partial charge in [-0.2, -0.15) is 8.42 Å². The number of carbonyl (C=O) groups is 2. The first kappa shape index (κ1) is 17.6. The number of hydrogen-bond acceptors (Lipinski definition) is 4. The van der Waals surface area contributed by atoms with Crippen LogP contribution in [-0.4, -0.2) is 53.1 Å². The fraction of sp³-hybridized carbons (Fsp3) is 0.692. The zero-order valence-corrected chi connectivity index (χ0v) is 13.5. The number of nitrogens with one attached hydrogen (secondary N) is 1. The topological polar surface area (TPSA) is 104 Å². The van der Waals surface area contributed by atoms with Crippen molar-refractivity contribution >= 4 is 21.9 Å². The molecular formula is C13H22N2O5S. The van der Waals surface area contributed by atoms with Crippen LogP contribution < -0.4 is 5.32 Å². The van der Waals surface area contributed by atoms with Gasteiger partial charge in [-0.25, -0.2) is 0 Å². The molecule has 1 unspecified atom stereocenters. The molecule has 2 amide bonds. The Kier molecular flexibility index (Phi) is 5.16. The third-order valence-corrected chi connectivity index (χ3v) is 4.20. The lowest BCUT2D eigenvalue weighted by atomic mass is 10.1. The summed E-state index contributed by atoms with van der Waals surface area (Å²) in [5, 5.41) is 1.29. The van der Waals surface area contributed by atoms with Gasteiger partial charge in [0.15, 0.2) is 0 Å². The third-order valence-electron chi connectivity index (χ3n) is 3.04. The van der Waals surface area contributed by atoms with Gasteiger partial charge >= 0.3 is 0 Å².